The molecule has 0 spiro atoms. The van der Waals surface area contributed by atoms with E-state index in [0.717, 1.165) is 12.2 Å². The average molecular weight is 228 g/mol. The van der Waals surface area contributed by atoms with Crippen LogP contribution in [0, 0.1) is 0 Å². The van der Waals surface area contributed by atoms with Crippen molar-refractivity contribution >= 4 is 11.9 Å². The van der Waals surface area contributed by atoms with Gasteiger partial charge in [-0.05, 0) is 32.4 Å². The molecule has 0 aromatic carbocycles. The van der Waals surface area contributed by atoms with Crippen molar-refractivity contribution in [2.75, 3.05) is 0 Å². The van der Waals surface area contributed by atoms with Gasteiger partial charge in [0.1, 0.15) is 5.60 Å². The lowest BCUT2D eigenvalue weighted by Gasteiger charge is -2.19. The van der Waals surface area contributed by atoms with Crippen LogP contribution in [0.2, 0.25) is 0 Å². The SMILES string of the molecule is CCC(O)(C=C(C)C(=O)O)C=C(C)C(=O)O. The van der Waals surface area contributed by atoms with Crippen LogP contribution >= 0.6 is 0 Å². The van der Waals surface area contributed by atoms with Gasteiger partial charge in [-0.3, -0.25) is 0 Å². The van der Waals surface area contributed by atoms with E-state index >= 15 is 0 Å². The molecule has 0 saturated carbocycles. The van der Waals surface area contributed by atoms with Crippen molar-refractivity contribution in [3.05, 3.63) is 23.3 Å². The highest BCUT2D eigenvalue weighted by Gasteiger charge is 2.22. The Balaban J connectivity index is 5.23. The van der Waals surface area contributed by atoms with Crippen LogP contribution in [0.25, 0.3) is 0 Å². The maximum Gasteiger partial charge on any atom is 0.331 e. The number of carboxylic acid groups (broad SMARTS) is 2. The molecule has 0 aliphatic heterocycles. The summed E-state index contributed by atoms with van der Waals surface area (Å²) in [5.74, 6) is -2.29. The average Bonchev–Trinajstić information content (AvgIpc) is 2.17. The van der Waals surface area contributed by atoms with Crippen LogP contribution in [0.5, 0.6) is 0 Å². The van der Waals surface area contributed by atoms with E-state index in [1.807, 2.05) is 0 Å². The van der Waals surface area contributed by atoms with Crippen LogP contribution < -0.4 is 0 Å². The van der Waals surface area contributed by atoms with Gasteiger partial charge in [0.2, 0.25) is 0 Å². The molecule has 0 amide bonds. The molecule has 0 radical (unpaired) electrons. The summed E-state index contributed by atoms with van der Waals surface area (Å²) in [6.07, 6.45) is 2.48. The number of aliphatic carboxylic acids is 2. The maximum absolute atomic E-state index is 10.6. The molecular weight excluding hydrogens is 212 g/mol. The highest BCUT2D eigenvalue weighted by Crippen LogP contribution is 2.18. The zero-order chi connectivity index (χ0) is 12.9. The highest BCUT2D eigenvalue weighted by atomic mass is 16.4. The van der Waals surface area contributed by atoms with Gasteiger partial charge in [-0.1, -0.05) is 6.92 Å². The first-order chi connectivity index (χ1) is 7.22. The topological polar surface area (TPSA) is 94.8 Å². The molecule has 0 saturated heterocycles. The molecule has 0 atom stereocenters. The van der Waals surface area contributed by atoms with Crippen molar-refractivity contribution in [3.8, 4) is 0 Å². The first-order valence-corrected chi connectivity index (χ1v) is 4.79. The molecule has 0 heterocycles. The quantitative estimate of drug-likeness (QED) is 0.614. The molecule has 0 aliphatic rings. The normalized spacial score (nSPS) is 16.8. The Hall–Kier alpha value is -1.62. The predicted molar refractivity (Wildman–Crippen MR) is 58.0 cm³/mol. The standard InChI is InChI=1S/C11H16O5/c1-4-11(16,5-7(2)9(12)13)6-8(3)10(14)15/h5-6,16H,4H2,1-3H3,(H,12,13)(H,14,15). The summed E-state index contributed by atoms with van der Waals surface area (Å²) in [5.41, 5.74) is -1.59. The summed E-state index contributed by atoms with van der Waals surface area (Å²) in [6.45, 7) is 4.32. The number of aliphatic hydroxyl groups is 1. The highest BCUT2D eigenvalue weighted by molar-refractivity contribution is 5.87. The third kappa shape index (κ3) is 4.27. The van der Waals surface area contributed by atoms with E-state index in [0.29, 0.717) is 0 Å². The molecule has 16 heavy (non-hydrogen) atoms. The molecular formula is C11H16O5. The Kier molecular flexibility index (Phi) is 4.91. The van der Waals surface area contributed by atoms with Crippen molar-refractivity contribution in [1.82, 2.24) is 0 Å². The molecule has 5 heteroatoms. The Bertz CT molecular complexity index is 321. The third-order valence-corrected chi connectivity index (χ3v) is 2.17. The lowest BCUT2D eigenvalue weighted by molar-refractivity contribution is -0.133. The Morgan fingerprint density at radius 2 is 1.38 bits per heavy atom. The summed E-state index contributed by atoms with van der Waals surface area (Å²) < 4.78 is 0. The summed E-state index contributed by atoms with van der Waals surface area (Å²) >= 11 is 0. The van der Waals surface area contributed by atoms with E-state index < -0.39 is 17.5 Å². The van der Waals surface area contributed by atoms with Crippen LogP contribution in [0.1, 0.15) is 27.2 Å². The molecule has 0 bridgehead atoms. The van der Waals surface area contributed by atoms with Crippen LogP contribution in [0.3, 0.4) is 0 Å². The van der Waals surface area contributed by atoms with E-state index in [1.54, 1.807) is 6.92 Å². The van der Waals surface area contributed by atoms with Crippen molar-refractivity contribution in [3.63, 3.8) is 0 Å². The Labute approximate surface area is 93.7 Å². The molecule has 0 unspecified atom stereocenters. The van der Waals surface area contributed by atoms with Gasteiger partial charge in [0.15, 0.2) is 0 Å². The van der Waals surface area contributed by atoms with E-state index in [2.05, 4.69) is 0 Å². The van der Waals surface area contributed by atoms with Crippen molar-refractivity contribution in [2.45, 2.75) is 32.8 Å². The first-order valence-electron chi connectivity index (χ1n) is 4.79. The number of rotatable bonds is 5. The third-order valence-electron chi connectivity index (χ3n) is 2.17. The van der Waals surface area contributed by atoms with Gasteiger partial charge in [0.25, 0.3) is 0 Å². The molecule has 0 aromatic heterocycles. The summed E-state index contributed by atoms with van der Waals surface area (Å²) in [4.78, 5) is 21.2. The molecule has 3 N–H and O–H groups in total. The maximum atomic E-state index is 10.6. The molecule has 90 valence electrons. The summed E-state index contributed by atoms with van der Waals surface area (Å²) in [5, 5.41) is 27.3. The zero-order valence-electron chi connectivity index (χ0n) is 9.52. The lowest BCUT2D eigenvalue weighted by Crippen LogP contribution is -2.24. The predicted octanol–water partition coefficient (Wildman–Crippen LogP) is 1.19. The zero-order valence-corrected chi connectivity index (χ0v) is 9.52. The minimum Gasteiger partial charge on any atom is -0.478 e. The largest absolute Gasteiger partial charge is 0.478 e. The summed E-state index contributed by atoms with van der Waals surface area (Å²) in [7, 11) is 0. The van der Waals surface area contributed by atoms with Gasteiger partial charge in [-0.2, -0.15) is 0 Å². The van der Waals surface area contributed by atoms with E-state index in [-0.39, 0.29) is 17.6 Å². The van der Waals surface area contributed by atoms with Crippen LogP contribution in [0.4, 0.5) is 0 Å². The minimum atomic E-state index is -1.54. The molecule has 0 aliphatic carbocycles. The number of carbonyl (C=O) groups is 2. The number of carboxylic acids is 2. The second-order valence-corrected chi connectivity index (χ2v) is 3.61. The van der Waals surface area contributed by atoms with Gasteiger partial charge < -0.3 is 15.3 Å². The fourth-order valence-electron chi connectivity index (χ4n) is 1.12. The van der Waals surface area contributed by atoms with E-state index in [1.165, 1.54) is 13.8 Å². The lowest BCUT2D eigenvalue weighted by atomic mass is 9.95. The monoisotopic (exact) mass is 228 g/mol. The Morgan fingerprint density at radius 3 is 1.56 bits per heavy atom. The first kappa shape index (κ1) is 14.4. The van der Waals surface area contributed by atoms with Gasteiger partial charge in [-0.25, -0.2) is 9.59 Å². The van der Waals surface area contributed by atoms with Crippen molar-refractivity contribution < 1.29 is 24.9 Å². The molecule has 0 aromatic rings. The van der Waals surface area contributed by atoms with E-state index in [4.69, 9.17) is 10.2 Å². The van der Waals surface area contributed by atoms with Crippen LogP contribution in [-0.4, -0.2) is 32.9 Å². The molecule has 5 nitrogen and oxygen atoms in total. The van der Waals surface area contributed by atoms with Gasteiger partial charge >= 0.3 is 11.9 Å². The van der Waals surface area contributed by atoms with Crippen molar-refractivity contribution in [2.24, 2.45) is 0 Å². The van der Waals surface area contributed by atoms with Crippen LogP contribution in [0.15, 0.2) is 23.3 Å². The van der Waals surface area contributed by atoms with Gasteiger partial charge in [-0.15, -0.1) is 0 Å². The second-order valence-electron chi connectivity index (χ2n) is 3.61. The minimum absolute atomic E-state index is 0.0289. The number of hydrogen-bond acceptors (Lipinski definition) is 3. The van der Waals surface area contributed by atoms with Crippen LogP contribution in [-0.2, 0) is 9.59 Å². The Morgan fingerprint density at radius 1 is 1.06 bits per heavy atom. The fourth-order valence-corrected chi connectivity index (χ4v) is 1.12. The summed E-state index contributed by atoms with van der Waals surface area (Å²) in [6, 6.07) is 0. The van der Waals surface area contributed by atoms with Gasteiger partial charge in [0.05, 0.1) is 0 Å². The second kappa shape index (κ2) is 5.46. The van der Waals surface area contributed by atoms with Crippen molar-refractivity contribution in [1.29, 1.82) is 0 Å². The smallest absolute Gasteiger partial charge is 0.331 e. The van der Waals surface area contributed by atoms with E-state index in [9.17, 15) is 14.7 Å². The number of hydrogen-bond donors (Lipinski definition) is 3. The fraction of sp³-hybridized carbons (Fsp3) is 0.455. The molecule has 0 fully saturated rings. The van der Waals surface area contributed by atoms with Gasteiger partial charge in [0, 0.05) is 11.1 Å². The molecule has 0 rings (SSSR count).